The average Bonchev–Trinajstić information content (AvgIpc) is 2.78. The molecular weight excluding hydrogens is 270 g/mol. The third-order valence-electron chi connectivity index (χ3n) is 3.94. The highest BCUT2D eigenvalue weighted by molar-refractivity contribution is 5.95. The van der Waals surface area contributed by atoms with Gasteiger partial charge in [0, 0.05) is 0 Å². The molecule has 2 unspecified atom stereocenters. The van der Waals surface area contributed by atoms with Gasteiger partial charge in [0.1, 0.15) is 6.61 Å². The summed E-state index contributed by atoms with van der Waals surface area (Å²) in [6.07, 6.45) is -0.0753. The van der Waals surface area contributed by atoms with Crippen molar-refractivity contribution in [2.45, 2.75) is 38.8 Å². The topological polar surface area (TPSA) is 66.8 Å². The van der Waals surface area contributed by atoms with E-state index in [0.29, 0.717) is 6.42 Å². The number of ether oxygens (including phenoxy) is 1. The molecule has 0 radical (unpaired) electrons. The van der Waals surface area contributed by atoms with Crippen molar-refractivity contribution in [3.05, 3.63) is 35.9 Å². The van der Waals surface area contributed by atoms with Crippen LogP contribution >= 0.6 is 0 Å². The molecule has 21 heavy (non-hydrogen) atoms. The normalized spacial score (nSPS) is 20.3. The first-order chi connectivity index (χ1) is 9.80. The molecule has 0 bridgehead atoms. The zero-order valence-electron chi connectivity index (χ0n) is 12.6. The zero-order valence-corrected chi connectivity index (χ0v) is 12.6. The summed E-state index contributed by atoms with van der Waals surface area (Å²) in [7, 11) is 0. The molecular formula is C16H21NO4. The van der Waals surface area contributed by atoms with Gasteiger partial charge in [-0.3, -0.25) is 4.79 Å². The molecule has 0 aromatic heterocycles. The highest BCUT2D eigenvalue weighted by Crippen LogP contribution is 2.24. The molecule has 1 saturated heterocycles. The minimum atomic E-state index is -1.18. The van der Waals surface area contributed by atoms with E-state index in [9.17, 15) is 14.7 Å². The lowest BCUT2D eigenvalue weighted by Gasteiger charge is -2.29. The molecule has 1 aliphatic heterocycles. The fraction of sp³-hybridized carbons (Fsp3) is 0.500. The Balaban J connectivity index is 2.15. The van der Waals surface area contributed by atoms with E-state index in [0.717, 1.165) is 10.5 Å². The molecule has 5 heteroatoms. The van der Waals surface area contributed by atoms with Crippen molar-refractivity contribution in [3.63, 3.8) is 0 Å². The zero-order chi connectivity index (χ0) is 15.6. The number of amides is 2. The number of imide groups is 1. The molecule has 114 valence electrons. The smallest absolute Gasteiger partial charge is 0.416 e. The first-order valence-electron chi connectivity index (χ1n) is 7.07. The Kier molecular flexibility index (Phi) is 4.32. The van der Waals surface area contributed by atoms with Gasteiger partial charge in [-0.05, 0) is 25.8 Å². The SMILES string of the molecule is CC(C(=O)N1C(=O)OCC1Cc1ccccc1)C(C)(C)O. The highest BCUT2D eigenvalue weighted by atomic mass is 16.6. The summed E-state index contributed by atoms with van der Waals surface area (Å²) >= 11 is 0. The van der Waals surface area contributed by atoms with Crippen LogP contribution < -0.4 is 0 Å². The predicted octanol–water partition coefficient (Wildman–Crippen LogP) is 1.98. The van der Waals surface area contributed by atoms with Crippen LogP contribution in [0.4, 0.5) is 4.79 Å². The third-order valence-corrected chi connectivity index (χ3v) is 3.94. The van der Waals surface area contributed by atoms with Crippen LogP contribution in [0.15, 0.2) is 30.3 Å². The summed E-state index contributed by atoms with van der Waals surface area (Å²) in [5.41, 5.74) is -0.147. The standard InChI is InChI=1S/C16H21NO4/c1-11(16(2,3)20)14(18)17-13(10-21-15(17)19)9-12-7-5-4-6-8-12/h4-8,11,13,20H,9-10H2,1-3H3. The molecule has 2 rings (SSSR count). The van der Waals surface area contributed by atoms with E-state index in [1.165, 1.54) is 0 Å². The van der Waals surface area contributed by atoms with Gasteiger partial charge in [0.25, 0.3) is 0 Å². The summed E-state index contributed by atoms with van der Waals surface area (Å²) in [6, 6.07) is 9.32. The van der Waals surface area contributed by atoms with Crippen molar-refractivity contribution in [2.24, 2.45) is 5.92 Å². The maximum absolute atomic E-state index is 12.5. The Labute approximate surface area is 124 Å². The van der Waals surface area contributed by atoms with E-state index >= 15 is 0 Å². The van der Waals surface area contributed by atoms with Gasteiger partial charge in [-0.1, -0.05) is 37.3 Å². The van der Waals surface area contributed by atoms with Gasteiger partial charge in [0.15, 0.2) is 0 Å². The van der Waals surface area contributed by atoms with Crippen LogP contribution in [0.25, 0.3) is 0 Å². The van der Waals surface area contributed by atoms with Gasteiger partial charge in [-0.2, -0.15) is 0 Å². The lowest BCUT2D eigenvalue weighted by atomic mass is 9.91. The first kappa shape index (κ1) is 15.5. The average molecular weight is 291 g/mol. The fourth-order valence-corrected chi connectivity index (χ4v) is 2.28. The summed E-state index contributed by atoms with van der Waals surface area (Å²) < 4.78 is 5.02. The van der Waals surface area contributed by atoms with Crippen LogP contribution in [-0.2, 0) is 16.0 Å². The molecule has 2 atom stereocenters. The number of nitrogens with zero attached hydrogens (tertiary/aromatic N) is 1. The number of hydrogen-bond donors (Lipinski definition) is 1. The number of rotatable bonds is 4. The summed E-state index contributed by atoms with van der Waals surface area (Å²) in [5, 5.41) is 9.98. The van der Waals surface area contributed by atoms with Gasteiger partial charge in [0.2, 0.25) is 5.91 Å². The fourth-order valence-electron chi connectivity index (χ4n) is 2.28. The Morgan fingerprint density at radius 2 is 2.05 bits per heavy atom. The Hall–Kier alpha value is -1.88. The molecule has 1 aliphatic rings. The summed E-state index contributed by atoms with van der Waals surface area (Å²) in [5.74, 6) is -1.08. The molecule has 2 amide bonds. The second-order valence-electron chi connectivity index (χ2n) is 6.00. The largest absolute Gasteiger partial charge is 0.447 e. The molecule has 1 N–H and O–H groups in total. The summed E-state index contributed by atoms with van der Waals surface area (Å²) in [4.78, 5) is 25.5. The Morgan fingerprint density at radius 3 is 2.62 bits per heavy atom. The number of benzene rings is 1. The molecule has 0 aliphatic carbocycles. The molecule has 0 spiro atoms. The van der Waals surface area contributed by atoms with Gasteiger partial charge < -0.3 is 9.84 Å². The number of hydrogen-bond acceptors (Lipinski definition) is 4. The maximum Gasteiger partial charge on any atom is 0.416 e. The van der Waals surface area contributed by atoms with Gasteiger partial charge >= 0.3 is 6.09 Å². The van der Waals surface area contributed by atoms with Crippen molar-refractivity contribution < 1.29 is 19.4 Å². The predicted molar refractivity (Wildman–Crippen MR) is 77.6 cm³/mol. The van der Waals surface area contributed by atoms with Crippen molar-refractivity contribution in [1.29, 1.82) is 0 Å². The molecule has 1 aromatic carbocycles. The van der Waals surface area contributed by atoms with Gasteiger partial charge in [-0.15, -0.1) is 0 Å². The Bertz CT molecular complexity index is 521. The van der Waals surface area contributed by atoms with Gasteiger partial charge in [-0.25, -0.2) is 9.69 Å². The number of carbonyl (C=O) groups is 2. The van der Waals surface area contributed by atoms with Gasteiger partial charge in [0.05, 0.1) is 17.6 Å². The van der Waals surface area contributed by atoms with Crippen LogP contribution in [0.2, 0.25) is 0 Å². The maximum atomic E-state index is 12.5. The molecule has 0 saturated carbocycles. The van der Waals surface area contributed by atoms with E-state index < -0.39 is 23.5 Å². The number of cyclic esters (lactones) is 1. The van der Waals surface area contributed by atoms with E-state index in [1.54, 1.807) is 20.8 Å². The van der Waals surface area contributed by atoms with E-state index in [-0.39, 0.29) is 12.6 Å². The minimum absolute atomic E-state index is 0.193. The van der Waals surface area contributed by atoms with E-state index in [1.807, 2.05) is 30.3 Å². The van der Waals surface area contributed by atoms with Crippen molar-refractivity contribution in [3.8, 4) is 0 Å². The first-order valence-corrected chi connectivity index (χ1v) is 7.07. The van der Waals surface area contributed by atoms with Crippen LogP contribution in [0.3, 0.4) is 0 Å². The van der Waals surface area contributed by atoms with Crippen LogP contribution in [-0.4, -0.2) is 40.3 Å². The second-order valence-corrected chi connectivity index (χ2v) is 6.00. The quantitative estimate of drug-likeness (QED) is 0.921. The van der Waals surface area contributed by atoms with Crippen LogP contribution in [0.1, 0.15) is 26.3 Å². The van der Waals surface area contributed by atoms with Crippen LogP contribution in [0.5, 0.6) is 0 Å². The number of aliphatic hydroxyl groups is 1. The molecule has 1 aromatic rings. The van der Waals surface area contributed by atoms with Crippen molar-refractivity contribution >= 4 is 12.0 Å². The van der Waals surface area contributed by atoms with Crippen molar-refractivity contribution in [2.75, 3.05) is 6.61 Å². The summed E-state index contributed by atoms with van der Waals surface area (Å²) in [6.45, 7) is 4.93. The minimum Gasteiger partial charge on any atom is -0.447 e. The van der Waals surface area contributed by atoms with Crippen molar-refractivity contribution in [1.82, 2.24) is 4.90 Å². The number of carbonyl (C=O) groups excluding carboxylic acids is 2. The van der Waals surface area contributed by atoms with E-state index in [2.05, 4.69) is 0 Å². The second kappa shape index (κ2) is 5.85. The monoisotopic (exact) mass is 291 g/mol. The third kappa shape index (κ3) is 3.42. The highest BCUT2D eigenvalue weighted by Gasteiger charge is 2.42. The van der Waals surface area contributed by atoms with E-state index in [4.69, 9.17) is 4.74 Å². The lowest BCUT2D eigenvalue weighted by Crippen LogP contribution is -2.48. The molecule has 1 heterocycles. The molecule has 5 nitrogen and oxygen atoms in total. The van der Waals surface area contributed by atoms with Crippen LogP contribution in [0, 0.1) is 5.92 Å². The molecule has 1 fully saturated rings. The Morgan fingerprint density at radius 1 is 1.43 bits per heavy atom. The lowest BCUT2D eigenvalue weighted by molar-refractivity contribution is -0.140.